The Balaban J connectivity index is 2.09. The predicted molar refractivity (Wildman–Crippen MR) is 77.4 cm³/mol. The Kier molecular flexibility index (Phi) is 4.56. The molecular formula is C13H15BrFNOS. The van der Waals surface area contributed by atoms with Gasteiger partial charge in [-0.15, -0.1) is 0 Å². The van der Waals surface area contributed by atoms with E-state index in [2.05, 4.69) is 15.9 Å². The molecule has 0 heterocycles. The molecule has 0 amide bonds. The van der Waals surface area contributed by atoms with E-state index < -0.39 is 5.82 Å². The lowest BCUT2D eigenvalue weighted by Crippen LogP contribution is -2.13. The summed E-state index contributed by atoms with van der Waals surface area (Å²) in [4.78, 5) is 0.170. The maximum Gasteiger partial charge on any atom is 0.179 e. The van der Waals surface area contributed by atoms with Crippen LogP contribution in [0.4, 0.5) is 4.39 Å². The van der Waals surface area contributed by atoms with E-state index in [4.69, 9.17) is 22.7 Å². The molecule has 1 aliphatic carbocycles. The molecule has 1 aliphatic rings. The summed E-state index contributed by atoms with van der Waals surface area (Å²) >= 11 is 8.01. The number of rotatable bonds is 4. The number of halogens is 2. The van der Waals surface area contributed by atoms with Gasteiger partial charge in [0.05, 0.1) is 11.1 Å². The molecule has 2 N–H and O–H groups in total. The molecule has 1 aromatic carbocycles. The molecule has 0 atom stereocenters. The second-order valence-corrected chi connectivity index (χ2v) is 5.80. The summed E-state index contributed by atoms with van der Waals surface area (Å²) in [6.45, 7) is 0.579. The molecule has 98 valence electrons. The number of nitrogens with two attached hydrogens (primary N) is 1. The van der Waals surface area contributed by atoms with Crippen LogP contribution in [-0.2, 0) is 0 Å². The van der Waals surface area contributed by atoms with Crippen molar-refractivity contribution < 1.29 is 9.13 Å². The Morgan fingerprint density at radius 2 is 2.11 bits per heavy atom. The second kappa shape index (κ2) is 5.97. The van der Waals surface area contributed by atoms with Gasteiger partial charge in [-0.3, -0.25) is 0 Å². The molecule has 0 spiro atoms. The van der Waals surface area contributed by atoms with Gasteiger partial charge in [0.2, 0.25) is 0 Å². The van der Waals surface area contributed by atoms with E-state index >= 15 is 0 Å². The minimum absolute atomic E-state index is 0.170. The van der Waals surface area contributed by atoms with Gasteiger partial charge in [-0.1, -0.05) is 25.1 Å². The molecular weight excluding hydrogens is 317 g/mol. The Morgan fingerprint density at radius 1 is 1.44 bits per heavy atom. The molecule has 2 nitrogen and oxygen atoms in total. The third kappa shape index (κ3) is 3.01. The minimum atomic E-state index is -0.432. The molecule has 0 unspecified atom stereocenters. The Bertz CT molecular complexity index is 461. The van der Waals surface area contributed by atoms with Crippen LogP contribution in [0.15, 0.2) is 16.6 Å². The van der Waals surface area contributed by atoms with Crippen molar-refractivity contribution in [3.05, 3.63) is 28.0 Å². The molecule has 18 heavy (non-hydrogen) atoms. The summed E-state index contributed by atoms with van der Waals surface area (Å²) in [6, 6.07) is 3.27. The van der Waals surface area contributed by atoms with Crippen LogP contribution in [-0.4, -0.2) is 11.6 Å². The summed E-state index contributed by atoms with van der Waals surface area (Å²) in [5, 5.41) is 0. The molecule has 0 saturated heterocycles. The molecule has 5 heteroatoms. The van der Waals surface area contributed by atoms with Gasteiger partial charge >= 0.3 is 0 Å². The van der Waals surface area contributed by atoms with E-state index in [9.17, 15) is 4.39 Å². The van der Waals surface area contributed by atoms with Gasteiger partial charge in [-0.25, -0.2) is 4.39 Å². The van der Waals surface area contributed by atoms with Crippen molar-refractivity contribution in [1.82, 2.24) is 0 Å². The first-order valence-electron chi connectivity index (χ1n) is 6.00. The summed E-state index contributed by atoms with van der Waals surface area (Å²) in [5.41, 5.74) is 6.00. The maximum atomic E-state index is 14.0. The molecule has 2 rings (SSSR count). The number of hydrogen-bond donors (Lipinski definition) is 1. The van der Waals surface area contributed by atoms with Crippen molar-refractivity contribution in [2.75, 3.05) is 6.61 Å². The van der Waals surface area contributed by atoms with Crippen LogP contribution in [0.3, 0.4) is 0 Å². The fourth-order valence-electron chi connectivity index (χ4n) is 2.22. The van der Waals surface area contributed by atoms with Crippen LogP contribution >= 0.6 is 28.1 Å². The average molecular weight is 332 g/mol. The number of benzene rings is 1. The Hall–Kier alpha value is -0.680. The summed E-state index contributed by atoms with van der Waals surface area (Å²) < 4.78 is 19.8. The largest absolute Gasteiger partial charge is 0.490 e. The first kappa shape index (κ1) is 13.7. The Labute approximate surface area is 120 Å². The fourth-order valence-corrected chi connectivity index (χ4v) is 3.06. The number of thiocarbonyl (C=S) groups is 1. The van der Waals surface area contributed by atoms with Crippen LogP contribution in [0, 0.1) is 11.7 Å². The van der Waals surface area contributed by atoms with Crippen molar-refractivity contribution in [1.29, 1.82) is 0 Å². The second-order valence-electron chi connectivity index (χ2n) is 4.56. The van der Waals surface area contributed by atoms with Gasteiger partial charge < -0.3 is 10.5 Å². The molecule has 0 aliphatic heterocycles. The van der Waals surface area contributed by atoms with Crippen LogP contribution in [0.5, 0.6) is 5.75 Å². The summed E-state index contributed by atoms with van der Waals surface area (Å²) in [5.74, 6) is 0.380. The van der Waals surface area contributed by atoms with E-state index in [1.165, 1.54) is 25.7 Å². The van der Waals surface area contributed by atoms with Gasteiger partial charge in [-0.2, -0.15) is 0 Å². The zero-order valence-electron chi connectivity index (χ0n) is 9.92. The van der Waals surface area contributed by atoms with E-state index in [0.29, 0.717) is 18.1 Å². The Morgan fingerprint density at radius 3 is 2.72 bits per heavy atom. The van der Waals surface area contributed by atoms with Crippen LogP contribution in [0.1, 0.15) is 31.2 Å². The van der Waals surface area contributed by atoms with Crippen molar-refractivity contribution in [3.8, 4) is 5.75 Å². The summed E-state index contributed by atoms with van der Waals surface area (Å²) in [6.07, 6.45) is 4.85. The number of hydrogen-bond acceptors (Lipinski definition) is 2. The topological polar surface area (TPSA) is 35.2 Å². The normalized spacial score (nSPS) is 15.9. The third-order valence-corrected chi connectivity index (χ3v) is 4.26. The van der Waals surface area contributed by atoms with Gasteiger partial charge in [-0.05, 0) is 46.8 Å². The van der Waals surface area contributed by atoms with Crippen LogP contribution < -0.4 is 10.5 Å². The highest BCUT2D eigenvalue weighted by atomic mass is 79.9. The van der Waals surface area contributed by atoms with Crippen molar-refractivity contribution in [3.63, 3.8) is 0 Å². The minimum Gasteiger partial charge on any atom is -0.490 e. The van der Waals surface area contributed by atoms with Crippen molar-refractivity contribution >= 4 is 33.1 Å². The highest BCUT2D eigenvalue weighted by Crippen LogP contribution is 2.30. The molecule has 0 radical (unpaired) electrons. The first-order chi connectivity index (χ1) is 8.59. The zero-order chi connectivity index (χ0) is 13.1. The molecule has 1 fully saturated rings. The van der Waals surface area contributed by atoms with Gasteiger partial charge in [0.1, 0.15) is 4.99 Å². The molecule has 1 aromatic rings. The van der Waals surface area contributed by atoms with Gasteiger partial charge in [0.25, 0.3) is 0 Å². The first-order valence-corrected chi connectivity index (χ1v) is 7.20. The quantitative estimate of drug-likeness (QED) is 0.852. The summed E-state index contributed by atoms with van der Waals surface area (Å²) in [7, 11) is 0. The number of ether oxygens (including phenoxy) is 1. The maximum absolute atomic E-state index is 14.0. The lowest BCUT2D eigenvalue weighted by molar-refractivity contribution is 0.241. The highest BCUT2D eigenvalue weighted by Gasteiger charge is 2.18. The predicted octanol–water partition coefficient (Wildman–Crippen LogP) is 3.79. The van der Waals surface area contributed by atoms with Crippen molar-refractivity contribution in [2.24, 2.45) is 11.7 Å². The highest BCUT2D eigenvalue weighted by molar-refractivity contribution is 9.10. The zero-order valence-corrected chi connectivity index (χ0v) is 12.3. The van der Waals surface area contributed by atoms with Crippen LogP contribution in [0.2, 0.25) is 0 Å². The smallest absolute Gasteiger partial charge is 0.179 e. The SMILES string of the molecule is NC(=S)c1ccc(OCC2CCCC2)c(F)c1Br. The fraction of sp³-hybridized carbons (Fsp3) is 0.462. The van der Waals surface area contributed by atoms with Crippen LogP contribution in [0.25, 0.3) is 0 Å². The lowest BCUT2D eigenvalue weighted by Gasteiger charge is -2.13. The van der Waals surface area contributed by atoms with E-state index in [1.54, 1.807) is 12.1 Å². The van der Waals surface area contributed by atoms with Gasteiger partial charge in [0.15, 0.2) is 11.6 Å². The average Bonchev–Trinajstić information content (AvgIpc) is 2.83. The third-order valence-electron chi connectivity index (χ3n) is 3.26. The monoisotopic (exact) mass is 331 g/mol. The van der Waals surface area contributed by atoms with E-state index in [1.807, 2.05) is 0 Å². The molecule has 1 saturated carbocycles. The standard InChI is InChI=1S/C13H15BrFNOS/c14-11-9(13(16)18)5-6-10(12(11)15)17-7-8-3-1-2-4-8/h5-6,8H,1-4,7H2,(H2,16,18). The lowest BCUT2D eigenvalue weighted by atomic mass is 10.1. The molecule has 0 bridgehead atoms. The van der Waals surface area contributed by atoms with Crippen molar-refractivity contribution in [2.45, 2.75) is 25.7 Å². The van der Waals surface area contributed by atoms with Gasteiger partial charge in [0, 0.05) is 5.56 Å². The van der Waals surface area contributed by atoms with E-state index in [-0.39, 0.29) is 15.2 Å². The van der Waals surface area contributed by atoms with E-state index in [0.717, 1.165) is 0 Å². The molecule has 0 aromatic heterocycles.